The summed E-state index contributed by atoms with van der Waals surface area (Å²) in [6.07, 6.45) is 1.20. The molecule has 2 N–H and O–H groups in total. The largest absolute Gasteiger partial charge is 0.467 e. The number of oxime groups is 1. The Morgan fingerprint density at radius 3 is 2.72 bits per heavy atom. The highest BCUT2D eigenvalue weighted by Gasteiger charge is 2.28. The van der Waals surface area contributed by atoms with Crippen LogP contribution in [0.5, 0.6) is 0 Å². The lowest BCUT2D eigenvalue weighted by Crippen LogP contribution is -2.41. The Kier molecular flexibility index (Phi) is 5.13. The normalized spacial score (nSPS) is 16.0. The Hall–Kier alpha value is -3.09. The average molecular weight is 341 g/mol. The van der Waals surface area contributed by atoms with Gasteiger partial charge in [0.15, 0.2) is 0 Å². The predicted octanol–water partition coefficient (Wildman–Crippen LogP) is 1.51. The van der Waals surface area contributed by atoms with Gasteiger partial charge in [-0.2, -0.15) is 0 Å². The molecule has 1 atom stereocenters. The van der Waals surface area contributed by atoms with E-state index in [9.17, 15) is 9.59 Å². The first-order valence-corrected chi connectivity index (χ1v) is 7.98. The molecule has 0 saturated carbocycles. The van der Waals surface area contributed by atoms with Crippen molar-refractivity contribution < 1.29 is 18.8 Å². The highest BCUT2D eigenvalue weighted by atomic mass is 16.6. The van der Waals surface area contributed by atoms with Crippen LogP contribution in [0.15, 0.2) is 52.2 Å². The summed E-state index contributed by atoms with van der Waals surface area (Å²) in [5, 5.41) is 9.19. The van der Waals surface area contributed by atoms with Gasteiger partial charge in [0.1, 0.15) is 5.76 Å². The number of carbonyl (C=O) groups is 2. The fourth-order valence-corrected chi connectivity index (χ4v) is 2.38. The van der Waals surface area contributed by atoms with Crippen molar-refractivity contribution in [1.82, 2.24) is 10.6 Å². The van der Waals surface area contributed by atoms with Gasteiger partial charge in [0.05, 0.1) is 25.1 Å². The summed E-state index contributed by atoms with van der Waals surface area (Å²) in [5.41, 5.74) is 2.80. The Morgan fingerprint density at radius 2 is 2.00 bits per heavy atom. The highest BCUT2D eigenvalue weighted by Crippen LogP contribution is 2.17. The number of aryl methyl sites for hydroxylation is 1. The number of hydrogen-bond donors (Lipinski definition) is 2. The van der Waals surface area contributed by atoms with E-state index in [0.29, 0.717) is 12.2 Å². The van der Waals surface area contributed by atoms with Crippen LogP contribution in [0.2, 0.25) is 0 Å². The Labute approximate surface area is 145 Å². The van der Waals surface area contributed by atoms with E-state index in [4.69, 9.17) is 9.25 Å². The summed E-state index contributed by atoms with van der Waals surface area (Å²) in [4.78, 5) is 29.0. The van der Waals surface area contributed by atoms with Crippen molar-refractivity contribution >= 4 is 17.5 Å². The van der Waals surface area contributed by atoms with E-state index in [0.717, 1.165) is 16.8 Å². The molecule has 1 aromatic carbocycles. The van der Waals surface area contributed by atoms with Crippen LogP contribution in [0.4, 0.5) is 0 Å². The van der Waals surface area contributed by atoms with Crippen LogP contribution in [-0.2, 0) is 21.0 Å². The highest BCUT2D eigenvalue weighted by molar-refractivity contribution is 6.04. The molecular formula is C18H19N3O4. The van der Waals surface area contributed by atoms with Crippen molar-refractivity contribution in [2.75, 3.05) is 6.54 Å². The average Bonchev–Trinajstić information content (AvgIpc) is 3.30. The first-order chi connectivity index (χ1) is 12.1. The van der Waals surface area contributed by atoms with E-state index in [-0.39, 0.29) is 24.9 Å². The van der Waals surface area contributed by atoms with E-state index in [1.54, 1.807) is 12.1 Å². The lowest BCUT2D eigenvalue weighted by Gasteiger charge is -2.09. The van der Waals surface area contributed by atoms with Crippen LogP contribution >= 0.6 is 0 Å². The molecule has 2 amide bonds. The van der Waals surface area contributed by atoms with Gasteiger partial charge in [-0.25, -0.2) is 0 Å². The van der Waals surface area contributed by atoms with Crippen LogP contribution in [0.3, 0.4) is 0 Å². The second-order valence-electron chi connectivity index (χ2n) is 5.78. The Morgan fingerprint density at radius 1 is 1.20 bits per heavy atom. The zero-order valence-corrected chi connectivity index (χ0v) is 13.8. The first-order valence-electron chi connectivity index (χ1n) is 7.98. The number of nitrogens with one attached hydrogen (secondary N) is 2. The lowest BCUT2D eigenvalue weighted by molar-refractivity contribution is -0.133. The third-order valence-corrected chi connectivity index (χ3v) is 3.81. The molecule has 0 aliphatic carbocycles. The maximum Gasteiger partial charge on any atom is 0.264 e. The summed E-state index contributed by atoms with van der Waals surface area (Å²) < 4.78 is 5.11. The van der Waals surface area contributed by atoms with Gasteiger partial charge in [-0.15, -0.1) is 0 Å². The van der Waals surface area contributed by atoms with Gasteiger partial charge in [-0.1, -0.05) is 35.0 Å². The molecule has 0 unspecified atom stereocenters. The molecule has 0 bridgehead atoms. The van der Waals surface area contributed by atoms with Crippen LogP contribution in [0.25, 0.3) is 0 Å². The molecule has 1 aliphatic rings. The number of amides is 2. The van der Waals surface area contributed by atoms with Crippen LogP contribution in [0.1, 0.15) is 23.3 Å². The number of hydrogen-bond acceptors (Lipinski definition) is 5. The Balaban J connectivity index is 1.42. The van der Waals surface area contributed by atoms with Gasteiger partial charge in [0.2, 0.25) is 12.0 Å². The minimum absolute atomic E-state index is 0.126. The molecule has 0 spiro atoms. The number of rotatable bonds is 6. The van der Waals surface area contributed by atoms with Crippen LogP contribution in [0, 0.1) is 6.92 Å². The number of furan rings is 1. The second-order valence-corrected chi connectivity index (χ2v) is 5.78. The van der Waals surface area contributed by atoms with E-state index < -0.39 is 6.10 Å². The van der Waals surface area contributed by atoms with Gasteiger partial charge >= 0.3 is 0 Å². The molecule has 7 heteroatoms. The SMILES string of the molecule is Cc1ccc(C2=NO[C@H](C(=O)NCC(=O)NCc3ccco3)C2)cc1. The maximum absolute atomic E-state index is 12.1. The third-order valence-electron chi connectivity index (χ3n) is 3.81. The third kappa shape index (κ3) is 4.47. The van der Waals surface area contributed by atoms with Gasteiger partial charge in [0, 0.05) is 6.42 Å². The first kappa shape index (κ1) is 16.8. The standard InChI is InChI=1S/C18H19N3O4/c1-12-4-6-13(7-5-12)15-9-16(25-21-15)18(23)20-11-17(22)19-10-14-3-2-8-24-14/h2-8,16H,9-11H2,1H3,(H,19,22)(H,20,23)/t16-/m0/s1. The molecule has 1 aliphatic heterocycles. The van der Waals surface area contributed by atoms with Gasteiger partial charge in [-0.05, 0) is 24.6 Å². The van der Waals surface area contributed by atoms with Crippen molar-refractivity contribution in [3.8, 4) is 0 Å². The van der Waals surface area contributed by atoms with Crippen molar-refractivity contribution in [3.05, 3.63) is 59.5 Å². The Bertz CT molecular complexity index is 766. The number of nitrogens with zero attached hydrogens (tertiary/aromatic N) is 1. The molecule has 130 valence electrons. The quantitative estimate of drug-likeness (QED) is 0.833. The predicted molar refractivity (Wildman–Crippen MR) is 90.8 cm³/mol. The molecule has 2 aromatic rings. The minimum atomic E-state index is -0.714. The maximum atomic E-state index is 12.1. The molecular weight excluding hydrogens is 322 g/mol. The zero-order chi connectivity index (χ0) is 17.6. The summed E-state index contributed by atoms with van der Waals surface area (Å²) in [7, 11) is 0. The van der Waals surface area contributed by atoms with E-state index in [1.807, 2.05) is 31.2 Å². The molecule has 2 heterocycles. The summed E-state index contributed by atoms with van der Waals surface area (Å²) >= 11 is 0. The number of benzene rings is 1. The van der Waals surface area contributed by atoms with Crippen LogP contribution in [-0.4, -0.2) is 30.2 Å². The van der Waals surface area contributed by atoms with Crippen LogP contribution < -0.4 is 10.6 Å². The van der Waals surface area contributed by atoms with E-state index in [1.165, 1.54) is 6.26 Å². The van der Waals surface area contributed by atoms with E-state index >= 15 is 0 Å². The van der Waals surface area contributed by atoms with Crippen molar-refractivity contribution in [3.63, 3.8) is 0 Å². The minimum Gasteiger partial charge on any atom is -0.467 e. The fourth-order valence-electron chi connectivity index (χ4n) is 2.38. The molecule has 0 radical (unpaired) electrons. The second kappa shape index (κ2) is 7.65. The van der Waals surface area contributed by atoms with E-state index in [2.05, 4.69) is 15.8 Å². The summed E-state index contributed by atoms with van der Waals surface area (Å²) in [5.74, 6) is -0.0172. The van der Waals surface area contributed by atoms with Crippen molar-refractivity contribution in [2.24, 2.45) is 5.16 Å². The molecule has 1 aromatic heterocycles. The summed E-state index contributed by atoms with van der Waals surface area (Å²) in [6, 6.07) is 11.4. The zero-order valence-electron chi connectivity index (χ0n) is 13.8. The smallest absolute Gasteiger partial charge is 0.264 e. The molecule has 7 nitrogen and oxygen atoms in total. The lowest BCUT2D eigenvalue weighted by atomic mass is 10.0. The fraction of sp³-hybridized carbons (Fsp3) is 0.278. The monoisotopic (exact) mass is 341 g/mol. The van der Waals surface area contributed by atoms with Gasteiger partial charge < -0.3 is 19.9 Å². The summed E-state index contributed by atoms with van der Waals surface area (Å²) in [6.45, 7) is 2.16. The van der Waals surface area contributed by atoms with Gasteiger partial charge in [-0.3, -0.25) is 9.59 Å². The molecule has 0 saturated heterocycles. The molecule has 25 heavy (non-hydrogen) atoms. The molecule has 0 fully saturated rings. The van der Waals surface area contributed by atoms with Gasteiger partial charge in [0.25, 0.3) is 5.91 Å². The van der Waals surface area contributed by atoms with Crippen molar-refractivity contribution in [2.45, 2.75) is 26.0 Å². The molecule has 3 rings (SSSR count). The van der Waals surface area contributed by atoms with Crippen molar-refractivity contribution in [1.29, 1.82) is 0 Å². The topological polar surface area (TPSA) is 92.9 Å². The number of carbonyl (C=O) groups excluding carboxylic acids is 2.